The van der Waals surface area contributed by atoms with Crippen LogP contribution in [0.4, 0.5) is 0 Å². The first-order valence-electron chi connectivity index (χ1n) is 3.56. The van der Waals surface area contributed by atoms with E-state index in [-0.39, 0.29) is 11.5 Å². The lowest BCUT2D eigenvalue weighted by Crippen LogP contribution is -2.30. The number of nitrogens with one attached hydrogen (secondary N) is 1. The van der Waals surface area contributed by atoms with Crippen LogP contribution in [0.25, 0.3) is 0 Å². The van der Waals surface area contributed by atoms with Gasteiger partial charge < -0.3 is 4.74 Å². The zero-order chi connectivity index (χ0) is 8.48. The summed E-state index contributed by atoms with van der Waals surface area (Å²) in [4.78, 5) is 15.9. The molecule has 1 fully saturated rings. The third-order valence-electron chi connectivity index (χ3n) is 1.64. The molecule has 1 aliphatic heterocycles. The minimum absolute atomic E-state index is 0.126. The Balaban J connectivity index is 2.48. The van der Waals surface area contributed by atoms with Crippen molar-refractivity contribution in [3.63, 3.8) is 0 Å². The van der Waals surface area contributed by atoms with Gasteiger partial charge in [-0.1, -0.05) is 0 Å². The summed E-state index contributed by atoms with van der Waals surface area (Å²) in [6.07, 6.45) is 0.203. The van der Waals surface area contributed by atoms with Crippen molar-refractivity contribution in [3.05, 3.63) is 0 Å². The molecule has 64 valence electrons. The SMILES string of the molecule is COC(=O)C1CC(C)(C)NO1. The number of hydroxylamine groups is 1. The molecular formula is C7H13NO3. The molecule has 0 spiro atoms. The number of esters is 1. The van der Waals surface area contributed by atoms with E-state index in [0.717, 1.165) is 0 Å². The smallest absolute Gasteiger partial charge is 0.337 e. The van der Waals surface area contributed by atoms with Gasteiger partial charge in [0.25, 0.3) is 0 Å². The number of hydrogen-bond donors (Lipinski definition) is 1. The highest BCUT2D eigenvalue weighted by molar-refractivity contribution is 5.74. The maximum atomic E-state index is 10.9. The third-order valence-corrected chi connectivity index (χ3v) is 1.64. The van der Waals surface area contributed by atoms with Crippen LogP contribution >= 0.6 is 0 Å². The highest BCUT2D eigenvalue weighted by atomic mass is 16.7. The molecule has 0 amide bonds. The van der Waals surface area contributed by atoms with Crippen LogP contribution in [0.5, 0.6) is 0 Å². The molecule has 0 aromatic carbocycles. The van der Waals surface area contributed by atoms with Gasteiger partial charge >= 0.3 is 5.97 Å². The molecule has 1 aliphatic rings. The summed E-state index contributed by atoms with van der Waals surface area (Å²) in [6.45, 7) is 3.94. The standard InChI is InChI=1S/C7H13NO3/c1-7(2)4-5(11-8-7)6(9)10-3/h5,8H,4H2,1-3H3. The van der Waals surface area contributed by atoms with Crippen LogP contribution in [-0.2, 0) is 14.4 Å². The van der Waals surface area contributed by atoms with Crippen LogP contribution in [0.2, 0.25) is 0 Å². The van der Waals surface area contributed by atoms with E-state index in [1.165, 1.54) is 7.11 Å². The van der Waals surface area contributed by atoms with Crippen molar-refractivity contribution in [2.45, 2.75) is 31.9 Å². The highest BCUT2D eigenvalue weighted by Gasteiger charge is 2.36. The zero-order valence-corrected chi connectivity index (χ0v) is 7.01. The van der Waals surface area contributed by atoms with Crippen LogP contribution in [0.3, 0.4) is 0 Å². The lowest BCUT2D eigenvalue weighted by molar-refractivity contribution is -0.154. The van der Waals surface area contributed by atoms with E-state index in [2.05, 4.69) is 10.2 Å². The fourth-order valence-electron chi connectivity index (χ4n) is 1.04. The highest BCUT2D eigenvalue weighted by Crippen LogP contribution is 2.20. The van der Waals surface area contributed by atoms with E-state index in [1.54, 1.807) is 0 Å². The Kier molecular flexibility index (Phi) is 2.15. The largest absolute Gasteiger partial charge is 0.467 e. The van der Waals surface area contributed by atoms with Crippen molar-refractivity contribution >= 4 is 5.97 Å². The van der Waals surface area contributed by atoms with E-state index in [4.69, 9.17) is 4.84 Å². The van der Waals surface area contributed by atoms with E-state index in [9.17, 15) is 4.79 Å². The van der Waals surface area contributed by atoms with Gasteiger partial charge in [-0.25, -0.2) is 4.79 Å². The molecule has 0 saturated carbocycles. The van der Waals surface area contributed by atoms with E-state index >= 15 is 0 Å². The number of carbonyl (C=O) groups is 1. The maximum absolute atomic E-state index is 10.9. The van der Waals surface area contributed by atoms with Gasteiger partial charge in [0, 0.05) is 12.0 Å². The number of rotatable bonds is 1. The molecule has 1 heterocycles. The number of hydrogen-bond acceptors (Lipinski definition) is 4. The fraction of sp³-hybridized carbons (Fsp3) is 0.857. The summed E-state index contributed by atoms with van der Waals surface area (Å²) in [5, 5.41) is 0. The van der Waals surface area contributed by atoms with Gasteiger partial charge in [-0.3, -0.25) is 4.84 Å². The van der Waals surface area contributed by atoms with Crippen molar-refractivity contribution in [2.24, 2.45) is 0 Å². The molecule has 1 N–H and O–H groups in total. The molecule has 0 radical (unpaired) electrons. The minimum Gasteiger partial charge on any atom is -0.467 e. The quantitative estimate of drug-likeness (QED) is 0.556. The Morgan fingerprint density at radius 3 is 2.73 bits per heavy atom. The van der Waals surface area contributed by atoms with Crippen LogP contribution in [0.15, 0.2) is 0 Å². The molecule has 1 saturated heterocycles. The van der Waals surface area contributed by atoms with Crippen LogP contribution < -0.4 is 5.48 Å². The van der Waals surface area contributed by atoms with Crippen LogP contribution in [-0.4, -0.2) is 24.7 Å². The van der Waals surface area contributed by atoms with E-state index < -0.39 is 6.10 Å². The average molecular weight is 159 g/mol. The first-order valence-corrected chi connectivity index (χ1v) is 3.56. The van der Waals surface area contributed by atoms with Gasteiger partial charge in [0.05, 0.1) is 7.11 Å². The Morgan fingerprint density at radius 1 is 1.73 bits per heavy atom. The summed E-state index contributed by atoms with van der Waals surface area (Å²) >= 11 is 0. The Hall–Kier alpha value is -0.610. The molecule has 0 aliphatic carbocycles. The molecule has 0 aromatic heterocycles. The molecule has 4 heteroatoms. The van der Waals surface area contributed by atoms with Crippen LogP contribution in [0.1, 0.15) is 20.3 Å². The first-order chi connectivity index (χ1) is 5.05. The number of ether oxygens (including phenoxy) is 1. The predicted octanol–water partition coefficient (Wildman–Crippen LogP) is 0.231. The van der Waals surface area contributed by atoms with Gasteiger partial charge in [-0.15, -0.1) is 0 Å². The van der Waals surface area contributed by atoms with Crippen molar-refractivity contribution < 1.29 is 14.4 Å². The fourth-order valence-corrected chi connectivity index (χ4v) is 1.04. The van der Waals surface area contributed by atoms with Crippen molar-refractivity contribution in [1.29, 1.82) is 0 Å². The summed E-state index contributed by atoms with van der Waals surface area (Å²) in [7, 11) is 1.36. The van der Waals surface area contributed by atoms with Gasteiger partial charge in [-0.05, 0) is 13.8 Å². The molecule has 4 nitrogen and oxygen atoms in total. The van der Waals surface area contributed by atoms with Gasteiger partial charge in [0.2, 0.25) is 0 Å². The molecule has 1 rings (SSSR count). The molecule has 1 atom stereocenters. The normalized spacial score (nSPS) is 28.5. The molecular weight excluding hydrogens is 146 g/mol. The molecule has 0 bridgehead atoms. The van der Waals surface area contributed by atoms with Gasteiger partial charge in [-0.2, -0.15) is 5.48 Å². The van der Waals surface area contributed by atoms with Crippen LogP contribution in [0, 0.1) is 0 Å². The zero-order valence-electron chi connectivity index (χ0n) is 7.01. The first kappa shape index (κ1) is 8.49. The van der Waals surface area contributed by atoms with E-state index in [1.807, 2.05) is 13.8 Å². The van der Waals surface area contributed by atoms with Gasteiger partial charge in [0.1, 0.15) is 0 Å². The minimum atomic E-state index is -0.449. The summed E-state index contributed by atoms with van der Waals surface area (Å²) in [5.74, 6) is -0.317. The Bertz CT molecular complexity index is 167. The van der Waals surface area contributed by atoms with Crippen molar-refractivity contribution in [1.82, 2.24) is 5.48 Å². The topological polar surface area (TPSA) is 47.6 Å². The lowest BCUT2D eigenvalue weighted by Gasteiger charge is -2.13. The Labute approximate surface area is 65.8 Å². The summed E-state index contributed by atoms with van der Waals surface area (Å²) in [5.41, 5.74) is 2.63. The second-order valence-corrected chi connectivity index (χ2v) is 3.32. The summed E-state index contributed by atoms with van der Waals surface area (Å²) in [6, 6.07) is 0. The second kappa shape index (κ2) is 2.79. The number of methoxy groups -OCH3 is 1. The van der Waals surface area contributed by atoms with Crippen molar-refractivity contribution in [3.8, 4) is 0 Å². The third kappa shape index (κ3) is 1.91. The predicted molar refractivity (Wildman–Crippen MR) is 38.7 cm³/mol. The molecule has 1 unspecified atom stereocenters. The van der Waals surface area contributed by atoms with Gasteiger partial charge in [0.15, 0.2) is 6.10 Å². The number of carbonyl (C=O) groups excluding carboxylic acids is 1. The molecule has 11 heavy (non-hydrogen) atoms. The Morgan fingerprint density at radius 2 is 2.36 bits per heavy atom. The average Bonchev–Trinajstić information content (AvgIpc) is 2.29. The lowest BCUT2D eigenvalue weighted by atomic mass is 10.00. The van der Waals surface area contributed by atoms with E-state index in [0.29, 0.717) is 6.42 Å². The monoisotopic (exact) mass is 159 g/mol. The van der Waals surface area contributed by atoms with Crippen molar-refractivity contribution in [2.75, 3.05) is 7.11 Å². The molecule has 0 aromatic rings. The second-order valence-electron chi connectivity index (χ2n) is 3.32. The maximum Gasteiger partial charge on any atom is 0.337 e. The summed E-state index contributed by atoms with van der Waals surface area (Å²) < 4.78 is 4.52.